The Labute approximate surface area is 207 Å². The van der Waals surface area contributed by atoms with Gasteiger partial charge in [-0.2, -0.15) is 0 Å². The van der Waals surface area contributed by atoms with E-state index in [9.17, 15) is 9.90 Å². The molecule has 1 saturated carbocycles. The highest BCUT2D eigenvalue weighted by Crippen LogP contribution is 2.29. The van der Waals surface area contributed by atoms with Gasteiger partial charge in [-0.25, -0.2) is 14.6 Å². The Bertz CT molecular complexity index is 1330. The van der Waals surface area contributed by atoms with Crippen LogP contribution in [0.1, 0.15) is 31.4 Å². The predicted octanol–water partition coefficient (Wildman–Crippen LogP) is 3.36. The number of anilines is 1. The topological polar surface area (TPSA) is 141 Å². The zero-order valence-corrected chi connectivity index (χ0v) is 19.8. The van der Waals surface area contributed by atoms with Gasteiger partial charge in [0.15, 0.2) is 0 Å². The summed E-state index contributed by atoms with van der Waals surface area (Å²) in [6.45, 7) is 0.397. The lowest BCUT2D eigenvalue weighted by Crippen LogP contribution is -2.29. The number of aryl methyl sites for hydroxylation is 1. The number of hydrogen-bond donors (Lipinski definition) is 2. The lowest BCUT2D eigenvalue weighted by molar-refractivity contribution is -0.143. The van der Waals surface area contributed by atoms with E-state index in [1.165, 1.54) is 0 Å². The first-order valence-corrected chi connectivity index (χ1v) is 11.8. The fourth-order valence-corrected chi connectivity index (χ4v) is 4.31. The maximum absolute atomic E-state index is 11.3. The second-order valence-electron chi connectivity index (χ2n) is 8.69. The molecule has 11 heteroatoms. The van der Waals surface area contributed by atoms with Crippen LogP contribution in [0.4, 0.5) is 5.95 Å². The molecule has 0 radical (unpaired) electrons. The molecule has 4 aromatic heterocycles. The van der Waals surface area contributed by atoms with E-state index in [1.54, 1.807) is 29.5 Å². The summed E-state index contributed by atoms with van der Waals surface area (Å²) in [6.07, 6.45) is 9.61. The van der Waals surface area contributed by atoms with Crippen molar-refractivity contribution in [3.63, 3.8) is 0 Å². The Morgan fingerprint density at radius 2 is 2.06 bits per heavy atom. The minimum atomic E-state index is -0.755. The van der Waals surface area contributed by atoms with Gasteiger partial charge < -0.3 is 15.2 Å². The zero-order valence-electron chi connectivity index (χ0n) is 19.8. The molecule has 4 aromatic rings. The van der Waals surface area contributed by atoms with E-state index in [0.717, 1.165) is 29.8 Å². The molecular weight excluding hydrogens is 460 g/mol. The Morgan fingerprint density at radius 1 is 1.14 bits per heavy atom. The number of aliphatic carboxylic acids is 1. The third kappa shape index (κ3) is 5.29. The van der Waals surface area contributed by atoms with Crippen LogP contribution in [0.15, 0.2) is 55.1 Å². The average Bonchev–Trinajstić information content (AvgIpc) is 3.29. The zero-order chi connectivity index (χ0) is 24.9. The SMILES string of the molecule is Cn1nnc(-c2ccc(O[C@H]3CCC[C@H](C(=O)O)C3)cn2)c1CNc1nccc(-c2cccnc2)n1. The molecule has 1 fully saturated rings. The Balaban J connectivity index is 1.26. The quantitative estimate of drug-likeness (QED) is 0.381. The first kappa shape index (κ1) is 23.3. The number of pyridine rings is 2. The molecule has 1 aliphatic carbocycles. The van der Waals surface area contributed by atoms with Crippen molar-refractivity contribution in [1.82, 2.24) is 34.9 Å². The Hall–Kier alpha value is -4.41. The molecule has 0 saturated heterocycles. The Morgan fingerprint density at radius 3 is 2.83 bits per heavy atom. The van der Waals surface area contributed by atoms with Crippen molar-refractivity contribution in [3.8, 4) is 28.4 Å². The number of ether oxygens (including phenoxy) is 1. The number of carbonyl (C=O) groups is 1. The molecule has 5 rings (SSSR count). The highest BCUT2D eigenvalue weighted by molar-refractivity contribution is 5.70. The summed E-state index contributed by atoms with van der Waals surface area (Å²) in [5, 5.41) is 21.0. The highest BCUT2D eigenvalue weighted by atomic mass is 16.5. The number of aromatic nitrogens is 7. The van der Waals surface area contributed by atoms with Gasteiger partial charge in [-0.05, 0) is 56.0 Å². The van der Waals surface area contributed by atoms with Crippen molar-refractivity contribution in [2.45, 2.75) is 38.3 Å². The van der Waals surface area contributed by atoms with Gasteiger partial charge in [0.1, 0.15) is 11.4 Å². The number of rotatable bonds is 8. The molecule has 36 heavy (non-hydrogen) atoms. The summed E-state index contributed by atoms with van der Waals surface area (Å²) >= 11 is 0. The molecule has 0 amide bonds. The number of nitrogens with one attached hydrogen (secondary N) is 1. The molecule has 0 aromatic carbocycles. The maximum atomic E-state index is 11.3. The van der Waals surface area contributed by atoms with Gasteiger partial charge >= 0.3 is 5.97 Å². The molecule has 2 atom stereocenters. The van der Waals surface area contributed by atoms with E-state index < -0.39 is 5.97 Å². The van der Waals surface area contributed by atoms with Gasteiger partial charge in [-0.1, -0.05) is 5.21 Å². The van der Waals surface area contributed by atoms with E-state index in [-0.39, 0.29) is 12.0 Å². The first-order valence-electron chi connectivity index (χ1n) is 11.8. The first-order chi connectivity index (χ1) is 17.6. The molecule has 0 unspecified atom stereocenters. The van der Waals surface area contributed by atoms with Crippen LogP contribution in [-0.2, 0) is 18.4 Å². The van der Waals surface area contributed by atoms with Crippen LogP contribution in [0.3, 0.4) is 0 Å². The number of hydrogen-bond acceptors (Lipinski definition) is 9. The van der Waals surface area contributed by atoms with E-state index in [4.69, 9.17) is 4.74 Å². The van der Waals surface area contributed by atoms with Crippen molar-refractivity contribution in [2.75, 3.05) is 5.32 Å². The molecule has 11 nitrogen and oxygen atoms in total. The Kier molecular flexibility index (Phi) is 6.78. The summed E-state index contributed by atoms with van der Waals surface area (Å²) < 4.78 is 7.70. The second-order valence-corrected chi connectivity index (χ2v) is 8.69. The maximum Gasteiger partial charge on any atom is 0.306 e. The molecule has 2 N–H and O–H groups in total. The molecule has 1 aliphatic rings. The van der Waals surface area contributed by atoms with Crippen LogP contribution >= 0.6 is 0 Å². The standard InChI is InChI=1S/C25H26N8O3/c1-33-22(15-29-25-27-11-9-20(30-25)17-5-3-10-26-13-17)23(31-32-33)21-8-7-19(14-28-21)36-18-6-2-4-16(12-18)24(34)35/h3,5,7-11,13-14,16,18H,2,4,6,12,15H2,1H3,(H,34,35)(H,27,29,30)/t16-,18-/m0/s1. The minimum Gasteiger partial charge on any atom is -0.489 e. The fourth-order valence-electron chi connectivity index (χ4n) is 4.31. The monoisotopic (exact) mass is 486 g/mol. The average molecular weight is 487 g/mol. The van der Waals surface area contributed by atoms with Crippen molar-refractivity contribution in [2.24, 2.45) is 13.0 Å². The van der Waals surface area contributed by atoms with Gasteiger partial charge in [0.2, 0.25) is 5.95 Å². The van der Waals surface area contributed by atoms with Crippen LogP contribution in [0.2, 0.25) is 0 Å². The molecule has 184 valence electrons. The van der Waals surface area contributed by atoms with Gasteiger partial charge in [-0.3, -0.25) is 14.8 Å². The van der Waals surface area contributed by atoms with E-state index >= 15 is 0 Å². The number of carboxylic acids is 1. The lowest BCUT2D eigenvalue weighted by atomic mass is 9.87. The van der Waals surface area contributed by atoms with Crippen molar-refractivity contribution < 1.29 is 14.6 Å². The minimum absolute atomic E-state index is 0.119. The number of carboxylic acid groups (broad SMARTS) is 1. The van der Waals surface area contributed by atoms with E-state index in [1.807, 2.05) is 37.4 Å². The van der Waals surface area contributed by atoms with Crippen molar-refractivity contribution in [3.05, 3.63) is 60.8 Å². The van der Waals surface area contributed by atoms with Crippen LogP contribution in [-0.4, -0.2) is 52.1 Å². The van der Waals surface area contributed by atoms with Crippen LogP contribution in [0.25, 0.3) is 22.6 Å². The molecule has 0 aliphatic heterocycles. The molecule has 4 heterocycles. The van der Waals surface area contributed by atoms with Gasteiger partial charge in [0, 0.05) is 31.2 Å². The molecule has 0 bridgehead atoms. The summed E-state index contributed by atoms with van der Waals surface area (Å²) in [5.41, 5.74) is 3.80. The second kappa shape index (κ2) is 10.5. The largest absolute Gasteiger partial charge is 0.489 e. The van der Waals surface area contributed by atoms with Crippen molar-refractivity contribution in [1.29, 1.82) is 0 Å². The smallest absolute Gasteiger partial charge is 0.306 e. The predicted molar refractivity (Wildman–Crippen MR) is 131 cm³/mol. The summed E-state index contributed by atoms with van der Waals surface area (Å²) in [4.78, 5) is 28.9. The van der Waals surface area contributed by atoms with Gasteiger partial charge in [-0.15, -0.1) is 5.10 Å². The fraction of sp³-hybridized carbons (Fsp3) is 0.320. The van der Waals surface area contributed by atoms with E-state index in [2.05, 4.69) is 35.6 Å². The van der Waals surface area contributed by atoms with Gasteiger partial charge in [0.05, 0.1) is 41.8 Å². The van der Waals surface area contributed by atoms with Crippen LogP contribution < -0.4 is 10.1 Å². The summed E-state index contributed by atoms with van der Waals surface area (Å²) in [6, 6.07) is 9.31. The summed E-state index contributed by atoms with van der Waals surface area (Å²) in [7, 11) is 1.82. The van der Waals surface area contributed by atoms with Crippen molar-refractivity contribution >= 4 is 11.9 Å². The third-order valence-electron chi connectivity index (χ3n) is 6.23. The van der Waals surface area contributed by atoms with Gasteiger partial charge in [0.25, 0.3) is 0 Å². The highest BCUT2D eigenvalue weighted by Gasteiger charge is 2.28. The normalized spacial score (nSPS) is 17.5. The molecule has 0 spiro atoms. The van der Waals surface area contributed by atoms with E-state index in [0.29, 0.717) is 42.5 Å². The molecular formula is C25H26N8O3. The van der Waals surface area contributed by atoms with Crippen LogP contribution in [0, 0.1) is 5.92 Å². The lowest BCUT2D eigenvalue weighted by Gasteiger charge is -2.27. The third-order valence-corrected chi connectivity index (χ3v) is 6.23. The summed E-state index contributed by atoms with van der Waals surface area (Å²) in [5.74, 6) is -0.0132. The number of nitrogens with zero attached hydrogens (tertiary/aromatic N) is 7. The van der Waals surface area contributed by atoms with Crippen LogP contribution in [0.5, 0.6) is 5.75 Å².